The Morgan fingerprint density at radius 3 is 2.90 bits per heavy atom. The van der Waals surface area contributed by atoms with Crippen LogP contribution in [0.1, 0.15) is 29.2 Å². The highest BCUT2D eigenvalue weighted by Gasteiger charge is 2.19. The first-order valence-corrected chi connectivity index (χ1v) is 10.1. The van der Waals surface area contributed by atoms with Crippen LogP contribution in [0.15, 0.2) is 65.8 Å². The Kier molecular flexibility index (Phi) is 4.92. The van der Waals surface area contributed by atoms with Gasteiger partial charge in [0.15, 0.2) is 0 Å². The number of hydrogen-bond acceptors (Lipinski definition) is 6. The highest BCUT2D eigenvalue weighted by Crippen LogP contribution is 2.24. The minimum atomic E-state index is 0.371. The zero-order valence-electron chi connectivity index (χ0n) is 16.3. The minimum absolute atomic E-state index is 0.371. The molecule has 3 aromatic rings. The molecular formula is C23H24N6. The molecule has 0 saturated carbocycles. The maximum Gasteiger partial charge on any atom is 0.227 e. The van der Waals surface area contributed by atoms with Crippen LogP contribution in [0.5, 0.6) is 0 Å². The lowest BCUT2D eigenvalue weighted by Gasteiger charge is -2.20. The largest absolute Gasteiger partial charge is 0.340 e. The summed E-state index contributed by atoms with van der Waals surface area (Å²) in [5.74, 6) is 1.58. The number of rotatable bonds is 4. The lowest BCUT2D eigenvalue weighted by molar-refractivity contribution is 0.550. The van der Waals surface area contributed by atoms with Gasteiger partial charge >= 0.3 is 0 Å². The molecule has 1 aromatic heterocycles. The maximum absolute atomic E-state index is 4.77. The van der Waals surface area contributed by atoms with Crippen molar-refractivity contribution < 1.29 is 0 Å². The molecule has 0 bridgehead atoms. The molecule has 3 heterocycles. The van der Waals surface area contributed by atoms with E-state index < -0.39 is 0 Å². The van der Waals surface area contributed by atoms with Crippen LogP contribution in [0, 0.1) is 0 Å². The van der Waals surface area contributed by atoms with Gasteiger partial charge in [0.1, 0.15) is 5.82 Å². The fourth-order valence-electron chi connectivity index (χ4n) is 3.94. The van der Waals surface area contributed by atoms with E-state index in [1.54, 1.807) is 0 Å². The van der Waals surface area contributed by atoms with Crippen molar-refractivity contribution in [2.75, 3.05) is 29.9 Å². The van der Waals surface area contributed by atoms with Gasteiger partial charge in [-0.1, -0.05) is 36.4 Å². The number of anilines is 3. The number of fused-ring (bicyclic) bond motifs is 1. The zero-order valence-corrected chi connectivity index (χ0v) is 16.3. The van der Waals surface area contributed by atoms with Gasteiger partial charge < -0.3 is 15.5 Å². The van der Waals surface area contributed by atoms with E-state index in [4.69, 9.17) is 4.98 Å². The third kappa shape index (κ3) is 3.98. The Labute approximate surface area is 170 Å². The van der Waals surface area contributed by atoms with Crippen LogP contribution in [0.3, 0.4) is 0 Å². The minimum Gasteiger partial charge on any atom is -0.340 e. The summed E-state index contributed by atoms with van der Waals surface area (Å²) in [7, 11) is 0. The molecule has 1 atom stereocenters. The topological polar surface area (TPSA) is 65.4 Å². The monoisotopic (exact) mass is 384 g/mol. The molecule has 6 nitrogen and oxygen atoms in total. The van der Waals surface area contributed by atoms with Crippen molar-refractivity contribution in [2.45, 2.75) is 19.0 Å². The van der Waals surface area contributed by atoms with Gasteiger partial charge in [-0.2, -0.15) is 4.98 Å². The van der Waals surface area contributed by atoms with Crippen molar-refractivity contribution in [1.29, 1.82) is 0 Å². The van der Waals surface area contributed by atoms with Crippen LogP contribution < -0.4 is 15.5 Å². The fraction of sp³-hybridized carbons (Fsp3) is 0.261. The molecule has 1 unspecified atom stereocenters. The van der Waals surface area contributed by atoms with Crippen molar-refractivity contribution in [3.63, 3.8) is 0 Å². The zero-order chi connectivity index (χ0) is 19.5. The Balaban J connectivity index is 1.29. The van der Waals surface area contributed by atoms with E-state index in [0.29, 0.717) is 6.04 Å². The molecule has 2 N–H and O–H groups in total. The van der Waals surface area contributed by atoms with Gasteiger partial charge in [-0.05, 0) is 41.3 Å². The van der Waals surface area contributed by atoms with Crippen molar-refractivity contribution in [1.82, 2.24) is 15.3 Å². The first-order chi connectivity index (χ1) is 14.3. The summed E-state index contributed by atoms with van der Waals surface area (Å²) in [5, 5.41) is 7.06. The van der Waals surface area contributed by atoms with Crippen molar-refractivity contribution >= 4 is 23.7 Å². The smallest absolute Gasteiger partial charge is 0.227 e. The van der Waals surface area contributed by atoms with E-state index >= 15 is 0 Å². The summed E-state index contributed by atoms with van der Waals surface area (Å²) >= 11 is 0. The number of nitrogens with one attached hydrogen (secondary N) is 2. The van der Waals surface area contributed by atoms with Gasteiger partial charge in [0.25, 0.3) is 0 Å². The van der Waals surface area contributed by atoms with E-state index in [9.17, 15) is 0 Å². The molecule has 2 aromatic carbocycles. The molecule has 146 valence electrons. The quantitative estimate of drug-likeness (QED) is 0.718. The highest BCUT2D eigenvalue weighted by atomic mass is 15.3. The lowest BCUT2D eigenvalue weighted by atomic mass is 10.0. The van der Waals surface area contributed by atoms with Gasteiger partial charge in [-0.25, -0.2) is 4.98 Å². The van der Waals surface area contributed by atoms with Crippen LogP contribution in [0.4, 0.5) is 17.5 Å². The van der Waals surface area contributed by atoms with E-state index in [-0.39, 0.29) is 0 Å². The van der Waals surface area contributed by atoms with Crippen molar-refractivity contribution in [3.8, 4) is 0 Å². The van der Waals surface area contributed by atoms with Crippen molar-refractivity contribution in [2.24, 2.45) is 4.99 Å². The average molecular weight is 384 g/mol. The van der Waals surface area contributed by atoms with Crippen LogP contribution in [0.2, 0.25) is 0 Å². The molecule has 29 heavy (non-hydrogen) atoms. The number of nitrogens with zero attached hydrogens (tertiary/aromatic N) is 4. The van der Waals surface area contributed by atoms with E-state index in [1.807, 2.05) is 18.5 Å². The number of benzene rings is 2. The van der Waals surface area contributed by atoms with Crippen molar-refractivity contribution in [3.05, 3.63) is 77.5 Å². The molecule has 1 saturated heterocycles. The predicted molar refractivity (Wildman–Crippen MR) is 117 cm³/mol. The first kappa shape index (κ1) is 17.8. The fourth-order valence-corrected chi connectivity index (χ4v) is 3.94. The number of hydrogen-bond donors (Lipinski definition) is 2. The van der Waals surface area contributed by atoms with Gasteiger partial charge in [-0.15, -0.1) is 0 Å². The average Bonchev–Trinajstić information content (AvgIpc) is 3.09. The third-order valence-corrected chi connectivity index (χ3v) is 5.50. The Bertz CT molecular complexity index is 1020. The van der Waals surface area contributed by atoms with Gasteiger partial charge in [0.2, 0.25) is 5.95 Å². The molecule has 5 rings (SSSR count). The van der Waals surface area contributed by atoms with E-state index in [0.717, 1.165) is 50.1 Å². The first-order valence-electron chi connectivity index (χ1n) is 10.1. The maximum atomic E-state index is 4.77. The Hall–Kier alpha value is -3.25. The standard InChI is InChI=1S/C23H24N6/c1-2-4-17(5-3-1)21-9-12-29(13-11-25-21)23-26-10-8-22(28-23)27-20-7-6-18-15-24-16-19(18)14-20/h1-8,10,14,16,21,25H,9,11-13,15H2,(H,26,27,28). The molecule has 0 radical (unpaired) electrons. The second-order valence-corrected chi connectivity index (χ2v) is 7.44. The number of aliphatic imine (C=N–C) groups is 1. The van der Waals surface area contributed by atoms with Crippen LogP contribution in [-0.2, 0) is 6.54 Å². The molecule has 6 heteroatoms. The predicted octanol–water partition coefficient (Wildman–Crippen LogP) is 3.69. The van der Waals surface area contributed by atoms with Crippen LogP contribution >= 0.6 is 0 Å². The molecular weight excluding hydrogens is 360 g/mol. The summed E-state index contributed by atoms with van der Waals surface area (Å²) < 4.78 is 0. The number of aromatic nitrogens is 2. The van der Waals surface area contributed by atoms with Gasteiger partial charge in [-0.3, -0.25) is 4.99 Å². The summed E-state index contributed by atoms with van der Waals surface area (Å²) in [4.78, 5) is 15.9. The molecule has 0 amide bonds. The second kappa shape index (κ2) is 8.01. The summed E-state index contributed by atoms with van der Waals surface area (Å²) in [6, 6.07) is 19.2. The molecule has 1 fully saturated rings. The van der Waals surface area contributed by atoms with Gasteiger partial charge in [0.05, 0.1) is 6.54 Å². The third-order valence-electron chi connectivity index (χ3n) is 5.50. The van der Waals surface area contributed by atoms with E-state index in [1.165, 1.54) is 16.7 Å². The van der Waals surface area contributed by atoms with Gasteiger partial charge in [0, 0.05) is 43.8 Å². The normalized spacial score (nSPS) is 18.3. The van der Waals surface area contributed by atoms with Crippen LogP contribution in [-0.4, -0.2) is 35.8 Å². The summed E-state index contributed by atoms with van der Waals surface area (Å²) in [5.41, 5.74) is 4.80. The highest BCUT2D eigenvalue weighted by molar-refractivity contribution is 5.86. The second-order valence-electron chi connectivity index (χ2n) is 7.44. The van der Waals surface area contributed by atoms with Crippen LogP contribution in [0.25, 0.3) is 0 Å². The molecule has 2 aliphatic rings. The Morgan fingerprint density at radius 2 is 1.97 bits per heavy atom. The molecule has 0 spiro atoms. The summed E-state index contributed by atoms with van der Waals surface area (Å²) in [6.07, 6.45) is 4.78. The molecule has 2 aliphatic heterocycles. The molecule has 0 aliphatic carbocycles. The van der Waals surface area contributed by atoms with E-state index in [2.05, 4.69) is 74.0 Å². The SMILES string of the molecule is C1=NCc2ccc(Nc3ccnc(N4CCNC(c5ccccc5)CC4)n3)cc21. The lowest BCUT2D eigenvalue weighted by Crippen LogP contribution is -2.29. The Morgan fingerprint density at radius 1 is 1.03 bits per heavy atom. The summed E-state index contributed by atoms with van der Waals surface area (Å²) in [6.45, 7) is 3.50.